The maximum atomic E-state index is 14.5. The summed E-state index contributed by atoms with van der Waals surface area (Å²) < 4.78 is 79.7. The minimum absolute atomic E-state index is 0.00232. The Bertz CT molecular complexity index is 1320. The number of halogens is 4. The van der Waals surface area contributed by atoms with Gasteiger partial charge in [0.1, 0.15) is 17.3 Å². The summed E-state index contributed by atoms with van der Waals surface area (Å²) in [6.45, 7) is 3.94. The molecule has 2 aliphatic rings. The molecule has 1 aromatic carbocycles. The van der Waals surface area contributed by atoms with Gasteiger partial charge in [-0.2, -0.15) is 13.2 Å². The normalized spacial score (nSPS) is 21.1. The summed E-state index contributed by atoms with van der Waals surface area (Å²) in [6.07, 6.45) is 5.43. The highest BCUT2D eigenvalue weighted by atomic mass is 32.2. The molecule has 1 fully saturated rings. The first-order valence-corrected chi connectivity index (χ1v) is 13.5. The van der Waals surface area contributed by atoms with Crippen LogP contribution in [0.2, 0.25) is 0 Å². The van der Waals surface area contributed by atoms with E-state index in [9.17, 15) is 30.8 Å². The van der Waals surface area contributed by atoms with Crippen LogP contribution in [0.4, 0.5) is 23.2 Å². The second kappa shape index (κ2) is 11.2. The smallest absolute Gasteiger partial charge is 0.357 e. The van der Waals surface area contributed by atoms with Gasteiger partial charge >= 0.3 is 6.18 Å². The van der Waals surface area contributed by atoms with Crippen LogP contribution in [-0.4, -0.2) is 75.6 Å². The first-order chi connectivity index (χ1) is 17.6. The molecular weight excluding hydrogens is 526 g/mol. The van der Waals surface area contributed by atoms with Crippen molar-refractivity contribution in [1.29, 1.82) is 0 Å². The fraction of sp³-hybridized carbons (Fsp3) is 0.440. The first-order valence-electron chi connectivity index (χ1n) is 11.7. The summed E-state index contributed by atoms with van der Waals surface area (Å²) in [5, 5.41) is 2.58. The second-order valence-electron chi connectivity index (χ2n) is 9.50. The largest absolute Gasteiger partial charge is 0.433 e. The number of nitrogens with one attached hydrogen (secondary N) is 2. The lowest BCUT2D eigenvalue weighted by Crippen LogP contribution is -2.52. The number of sulfonamides is 1. The Morgan fingerprint density at radius 2 is 1.92 bits per heavy atom. The van der Waals surface area contributed by atoms with Crippen LogP contribution in [0.25, 0.3) is 0 Å². The van der Waals surface area contributed by atoms with Gasteiger partial charge in [-0.05, 0) is 44.2 Å². The quantitative estimate of drug-likeness (QED) is 0.320. The van der Waals surface area contributed by atoms with Crippen LogP contribution < -0.4 is 10.0 Å². The zero-order chi connectivity index (χ0) is 28.3. The minimum Gasteiger partial charge on any atom is -0.357 e. The van der Waals surface area contributed by atoms with Crippen LogP contribution in [-0.2, 0) is 21.4 Å². The number of carbonyl (C=O) groups is 1. The first kappa shape index (κ1) is 29.2. The molecule has 38 heavy (non-hydrogen) atoms. The van der Waals surface area contributed by atoms with E-state index in [2.05, 4.69) is 21.1 Å². The van der Waals surface area contributed by atoms with Crippen LogP contribution in [0, 0.1) is 23.6 Å². The van der Waals surface area contributed by atoms with E-state index in [0.717, 1.165) is 18.4 Å². The fourth-order valence-electron chi connectivity index (χ4n) is 4.13. The van der Waals surface area contributed by atoms with Crippen molar-refractivity contribution in [1.82, 2.24) is 15.1 Å². The van der Waals surface area contributed by atoms with Crippen molar-refractivity contribution in [2.45, 2.75) is 26.1 Å². The number of anilines is 1. The van der Waals surface area contributed by atoms with Crippen molar-refractivity contribution in [2.75, 3.05) is 44.2 Å². The number of likely N-dealkylation sites (N-methyl/N-ethyl adjacent to an activating group) is 1. The molecule has 0 radical (unpaired) electrons. The van der Waals surface area contributed by atoms with Gasteiger partial charge in [0.15, 0.2) is 0 Å². The average molecular weight is 556 g/mol. The lowest BCUT2D eigenvalue weighted by atomic mass is 9.81. The molecule has 1 atom stereocenters. The lowest BCUT2D eigenvalue weighted by molar-refractivity contribution is -0.116. The monoisotopic (exact) mass is 555 g/mol. The number of benzene rings is 1. The summed E-state index contributed by atoms with van der Waals surface area (Å²) in [5.74, 6) is 1.00. The number of terminal acetylenes is 1. The number of aliphatic imine (C=N–C) groups is 1. The third-order valence-electron chi connectivity index (χ3n) is 6.21. The van der Waals surface area contributed by atoms with Crippen LogP contribution in [0.15, 0.2) is 41.1 Å². The molecule has 2 heterocycles. The number of amides is 1. The maximum Gasteiger partial charge on any atom is 0.433 e. The predicted octanol–water partition coefficient (Wildman–Crippen LogP) is 2.85. The minimum atomic E-state index is -4.58. The number of rotatable bonds is 6. The van der Waals surface area contributed by atoms with E-state index < -0.39 is 39.0 Å². The van der Waals surface area contributed by atoms with E-state index in [1.54, 1.807) is 6.92 Å². The van der Waals surface area contributed by atoms with Gasteiger partial charge in [0.2, 0.25) is 15.9 Å². The van der Waals surface area contributed by atoms with E-state index in [0.29, 0.717) is 26.2 Å². The Morgan fingerprint density at radius 3 is 2.50 bits per heavy atom. The van der Waals surface area contributed by atoms with Crippen molar-refractivity contribution < 1.29 is 30.8 Å². The van der Waals surface area contributed by atoms with Gasteiger partial charge in [0.25, 0.3) is 0 Å². The molecule has 1 unspecified atom stereocenters. The van der Waals surface area contributed by atoms with Gasteiger partial charge in [-0.15, -0.1) is 6.42 Å². The molecule has 0 aromatic heterocycles. The molecule has 1 aromatic rings. The van der Waals surface area contributed by atoms with Crippen LogP contribution in [0.1, 0.15) is 24.5 Å². The molecule has 0 saturated carbocycles. The standard InChI is InChI=1S/C25H29F4N5O3S/c1-5-18-14-17(15-19(26)22(18)32-38(4,36)37)16-30-21(35)7-9-24(2)8-6-20(25(27,28)29)31-23(24)34-12-10-33(3)11-13-34/h1,6-7,9,14-15,32H,8,10-13,16H2,2-4H3,(H,30,35)/b9-7+. The van der Waals surface area contributed by atoms with E-state index in [-0.39, 0.29) is 35.6 Å². The summed E-state index contributed by atoms with van der Waals surface area (Å²) in [7, 11) is -1.84. The summed E-state index contributed by atoms with van der Waals surface area (Å²) in [5.41, 5.74) is -2.02. The number of alkyl halides is 3. The van der Waals surface area contributed by atoms with Gasteiger partial charge < -0.3 is 15.1 Å². The maximum absolute atomic E-state index is 14.5. The molecule has 8 nitrogen and oxygen atoms in total. The topological polar surface area (TPSA) is 94.1 Å². The fourth-order valence-corrected chi connectivity index (χ4v) is 4.71. The Morgan fingerprint density at radius 1 is 1.26 bits per heavy atom. The highest BCUT2D eigenvalue weighted by molar-refractivity contribution is 7.92. The number of carbonyl (C=O) groups excluding carboxylic acids is 1. The molecule has 13 heteroatoms. The highest BCUT2D eigenvalue weighted by Crippen LogP contribution is 2.38. The van der Waals surface area contributed by atoms with Crippen LogP contribution in [0.5, 0.6) is 0 Å². The van der Waals surface area contributed by atoms with Crippen molar-refractivity contribution in [3.63, 3.8) is 0 Å². The van der Waals surface area contributed by atoms with Gasteiger partial charge in [-0.1, -0.05) is 18.1 Å². The van der Waals surface area contributed by atoms with E-state index in [1.165, 1.54) is 18.2 Å². The SMILES string of the molecule is C#Cc1cc(CNC(=O)/C=C/C2(C)CC=C(C(F)(F)F)N=C2N2CCN(C)CC2)cc(F)c1NS(C)(=O)=O. The Hall–Kier alpha value is -3.37. The molecule has 2 aliphatic heterocycles. The zero-order valence-electron chi connectivity index (χ0n) is 21.2. The third-order valence-corrected chi connectivity index (χ3v) is 6.79. The number of allylic oxidation sites excluding steroid dienone is 2. The number of piperazine rings is 1. The van der Waals surface area contributed by atoms with Crippen molar-refractivity contribution >= 4 is 27.5 Å². The molecule has 3 rings (SSSR count). The van der Waals surface area contributed by atoms with Crippen molar-refractivity contribution in [3.8, 4) is 12.3 Å². The number of hydrogen-bond acceptors (Lipinski definition) is 6. The number of hydrogen-bond donors (Lipinski definition) is 2. The third kappa shape index (κ3) is 7.35. The zero-order valence-corrected chi connectivity index (χ0v) is 22.0. The molecule has 2 N–H and O–H groups in total. The van der Waals surface area contributed by atoms with E-state index >= 15 is 0 Å². The van der Waals surface area contributed by atoms with Crippen LogP contribution >= 0.6 is 0 Å². The number of nitrogens with zero attached hydrogens (tertiary/aromatic N) is 3. The van der Waals surface area contributed by atoms with E-state index in [4.69, 9.17) is 6.42 Å². The van der Waals surface area contributed by atoms with E-state index in [1.807, 2.05) is 16.7 Å². The summed E-state index contributed by atoms with van der Waals surface area (Å²) in [6, 6.07) is 2.41. The number of amidine groups is 1. The Labute approximate surface area is 219 Å². The molecule has 206 valence electrons. The molecular formula is C25H29F4N5O3S. The lowest BCUT2D eigenvalue weighted by Gasteiger charge is -2.42. The second-order valence-corrected chi connectivity index (χ2v) is 11.3. The molecule has 0 aliphatic carbocycles. The van der Waals surface area contributed by atoms with Gasteiger partial charge in [-0.25, -0.2) is 17.8 Å². The molecule has 1 saturated heterocycles. The molecule has 1 amide bonds. The summed E-state index contributed by atoms with van der Waals surface area (Å²) in [4.78, 5) is 20.4. The molecule has 0 spiro atoms. The van der Waals surface area contributed by atoms with Gasteiger partial charge in [-0.3, -0.25) is 9.52 Å². The van der Waals surface area contributed by atoms with Crippen molar-refractivity contribution in [2.24, 2.45) is 10.4 Å². The van der Waals surface area contributed by atoms with Crippen molar-refractivity contribution in [3.05, 3.63) is 53.0 Å². The van der Waals surface area contributed by atoms with Gasteiger partial charge in [0, 0.05) is 38.1 Å². The average Bonchev–Trinajstić information content (AvgIpc) is 2.82. The highest BCUT2D eigenvalue weighted by Gasteiger charge is 2.42. The molecule has 0 bridgehead atoms. The Kier molecular flexibility index (Phi) is 8.58. The van der Waals surface area contributed by atoms with Crippen LogP contribution in [0.3, 0.4) is 0 Å². The summed E-state index contributed by atoms with van der Waals surface area (Å²) >= 11 is 0. The van der Waals surface area contributed by atoms with Gasteiger partial charge in [0.05, 0.1) is 17.5 Å². The predicted molar refractivity (Wildman–Crippen MR) is 137 cm³/mol. The Balaban J connectivity index is 1.75.